The van der Waals surface area contributed by atoms with Crippen LogP contribution in [0, 0.1) is 0 Å². The topological polar surface area (TPSA) is 39.7 Å². The number of rotatable bonds is 8. The minimum atomic E-state index is 0.314. The second-order valence-electron chi connectivity index (χ2n) is 6.29. The zero-order valence-electron chi connectivity index (χ0n) is 14.8. The van der Waals surface area contributed by atoms with Crippen molar-refractivity contribution < 1.29 is 14.2 Å². The summed E-state index contributed by atoms with van der Waals surface area (Å²) in [7, 11) is 1.62. The summed E-state index contributed by atoms with van der Waals surface area (Å²) < 4.78 is 17.0. The van der Waals surface area contributed by atoms with E-state index in [0.29, 0.717) is 40.8 Å². The number of hydrogen-bond acceptors (Lipinski definition) is 4. The van der Waals surface area contributed by atoms with Gasteiger partial charge in [0.05, 0.1) is 18.2 Å². The molecule has 140 valence electrons. The van der Waals surface area contributed by atoms with Crippen molar-refractivity contribution in [3.63, 3.8) is 0 Å². The smallest absolute Gasteiger partial charge is 0.180 e. The lowest BCUT2D eigenvalue weighted by molar-refractivity contribution is 0.110. The summed E-state index contributed by atoms with van der Waals surface area (Å²) in [4.78, 5) is 0. The van der Waals surface area contributed by atoms with Gasteiger partial charge in [0.25, 0.3) is 0 Å². The summed E-state index contributed by atoms with van der Waals surface area (Å²) in [6, 6.07) is 11.4. The molecule has 0 aromatic heterocycles. The fraction of sp³-hybridized carbons (Fsp3) is 0.400. The quantitative estimate of drug-likeness (QED) is 0.693. The summed E-state index contributed by atoms with van der Waals surface area (Å²) >= 11 is 12.3. The third kappa shape index (κ3) is 5.27. The Morgan fingerprint density at radius 2 is 1.96 bits per heavy atom. The standard InChI is InChI=1S/C20H23Cl2NO3/c1-24-19-10-15(11-23-12-17-3-2-8-25-17)9-18(22)20(19)26-13-14-4-6-16(21)7-5-14/h4-7,9-10,17,23H,2-3,8,11-13H2,1H3/t17-/m0/s1. The number of benzene rings is 2. The average Bonchev–Trinajstić information content (AvgIpc) is 3.15. The first-order valence-corrected chi connectivity index (χ1v) is 9.47. The fourth-order valence-electron chi connectivity index (χ4n) is 2.93. The van der Waals surface area contributed by atoms with Crippen LogP contribution >= 0.6 is 23.2 Å². The van der Waals surface area contributed by atoms with Gasteiger partial charge in [-0.05, 0) is 48.2 Å². The maximum atomic E-state index is 6.43. The van der Waals surface area contributed by atoms with Crippen LogP contribution in [0.5, 0.6) is 11.5 Å². The molecule has 0 aliphatic carbocycles. The Labute approximate surface area is 164 Å². The Morgan fingerprint density at radius 3 is 2.65 bits per heavy atom. The minimum Gasteiger partial charge on any atom is -0.493 e. The third-order valence-corrected chi connectivity index (χ3v) is 4.84. The molecule has 1 saturated heterocycles. The van der Waals surface area contributed by atoms with Gasteiger partial charge >= 0.3 is 0 Å². The first-order chi connectivity index (χ1) is 12.7. The Hall–Kier alpha value is -1.46. The molecule has 1 atom stereocenters. The summed E-state index contributed by atoms with van der Waals surface area (Å²) in [6.45, 7) is 2.80. The molecule has 0 saturated carbocycles. The average molecular weight is 396 g/mol. The van der Waals surface area contributed by atoms with E-state index in [2.05, 4.69) is 5.32 Å². The Balaban J connectivity index is 1.61. The molecule has 1 N–H and O–H groups in total. The largest absolute Gasteiger partial charge is 0.493 e. The van der Waals surface area contributed by atoms with Gasteiger partial charge in [0.15, 0.2) is 11.5 Å². The monoisotopic (exact) mass is 395 g/mol. The molecule has 0 bridgehead atoms. The van der Waals surface area contributed by atoms with E-state index in [-0.39, 0.29) is 0 Å². The molecule has 1 aliphatic heterocycles. The summed E-state index contributed by atoms with van der Waals surface area (Å²) in [6.07, 6.45) is 2.58. The van der Waals surface area contributed by atoms with E-state index in [4.69, 9.17) is 37.4 Å². The minimum absolute atomic E-state index is 0.314. The van der Waals surface area contributed by atoms with Gasteiger partial charge in [0.2, 0.25) is 0 Å². The van der Waals surface area contributed by atoms with Crippen molar-refractivity contribution >= 4 is 23.2 Å². The van der Waals surface area contributed by atoms with Crippen LogP contribution in [0.3, 0.4) is 0 Å². The van der Waals surface area contributed by atoms with Crippen molar-refractivity contribution in [2.75, 3.05) is 20.3 Å². The highest BCUT2D eigenvalue weighted by Gasteiger charge is 2.16. The second kappa shape index (κ2) is 9.47. The number of nitrogens with one attached hydrogen (secondary N) is 1. The van der Waals surface area contributed by atoms with E-state index in [0.717, 1.165) is 37.1 Å². The van der Waals surface area contributed by atoms with Crippen LogP contribution in [0.25, 0.3) is 0 Å². The first-order valence-electron chi connectivity index (χ1n) is 8.71. The van der Waals surface area contributed by atoms with Gasteiger partial charge in [-0.25, -0.2) is 0 Å². The Kier molecular flexibility index (Phi) is 7.03. The van der Waals surface area contributed by atoms with Gasteiger partial charge in [0.1, 0.15) is 6.61 Å². The molecule has 0 spiro atoms. The first kappa shape index (κ1) is 19.3. The van der Waals surface area contributed by atoms with E-state index in [1.165, 1.54) is 0 Å². The van der Waals surface area contributed by atoms with E-state index in [1.54, 1.807) is 7.11 Å². The van der Waals surface area contributed by atoms with Crippen molar-refractivity contribution in [2.24, 2.45) is 0 Å². The molecule has 4 nitrogen and oxygen atoms in total. The predicted octanol–water partition coefficient (Wildman–Crippen LogP) is 4.85. The van der Waals surface area contributed by atoms with Crippen molar-refractivity contribution in [1.29, 1.82) is 0 Å². The maximum Gasteiger partial charge on any atom is 0.180 e. The van der Waals surface area contributed by atoms with E-state index >= 15 is 0 Å². The second-order valence-corrected chi connectivity index (χ2v) is 7.13. The maximum absolute atomic E-state index is 6.43. The number of ether oxygens (including phenoxy) is 3. The molecular formula is C20H23Cl2NO3. The fourth-order valence-corrected chi connectivity index (χ4v) is 3.35. The highest BCUT2D eigenvalue weighted by Crippen LogP contribution is 2.37. The van der Waals surface area contributed by atoms with Crippen LogP contribution in [-0.4, -0.2) is 26.4 Å². The van der Waals surface area contributed by atoms with Crippen molar-refractivity contribution in [3.8, 4) is 11.5 Å². The Bertz CT molecular complexity index is 716. The van der Waals surface area contributed by atoms with E-state index in [1.807, 2.05) is 36.4 Å². The van der Waals surface area contributed by atoms with Crippen molar-refractivity contribution in [3.05, 3.63) is 57.6 Å². The molecule has 1 fully saturated rings. The normalized spacial score (nSPS) is 16.7. The molecule has 0 unspecified atom stereocenters. The molecule has 3 rings (SSSR count). The van der Waals surface area contributed by atoms with Gasteiger partial charge in [-0.15, -0.1) is 0 Å². The van der Waals surface area contributed by atoms with Gasteiger partial charge in [-0.1, -0.05) is 35.3 Å². The molecule has 1 heterocycles. The molecule has 0 radical (unpaired) electrons. The highest BCUT2D eigenvalue weighted by molar-refractivity contribution is 6.32. The summed E-state index contributed by atoms with van der Waals surface area (Å²) in [5, 5.41) is 4.65. The lowest BCUT2D eigenvalue weighted by Crippen LogP contribution is -2.25. The molecule has 2 aromatic rings. The van der Waals surface area contributed by atoms with Crippen LogP contribution in [0.4, 0.5) is 0 Å². The zero-order valence-corrected chi connectivity index (χ0v) is 16.3. The van der Waals surface area contributed by atoms with Crippen LogP contribution in [-0.2, 0) is 17.9 Å². The third-order valence-electron chi connectivity index (χ3n) is 4.31. The van der Waals surface area contributed by atoms with Crippen LogP contribution in [0.1, 0.15) is 24.0 Å². The molecular weight excluding hydrogens is 373 g/mol. The number of halogens is 2. The van der Waals surface area contributed by atoms with Gasteiger partial charge < -0.3 is 19.5 Å². The van der Waals surface area contributed by atoms with Crippen LogP contribution in [0.15, 0.2) is 36.4 Å². The molecule has 26 heavy (non-hydrogen) atoms. The van der Waals surface area contributed by atoms with Crippen molar-refractivity contribution in [1.82, 2.24) is 5.32 Å². The lowest BCUT2D eigenvalue weighted by atomic mass is 10.2. The molecule has 6 heteroatoms. The van der Waals surface area contributed by atoms with E-state index < -0.39 is 0 Å². The van der Waals surface area contributed by atoms with Crippen molar-refractivity contribution in [2.45, 2.75) is 32.1 Å². The van der Waals surface area contributed by atoms with Gasteiger partial charge in [0, 0.05) is 24.7 Å². The highest BCUT2D eigenvalue weighted by atomic mass is 35.5. The predicted molar refractivity (Wildman–Crippen MR) is 104 cm³/mol. The Morgan fingerprint density at radius 1 is 1.15 bits per heavy atom. The molecule has 1 aliphatic rings. The van der Waals surface area contributed by atoms with E-state index in [9.17, 15) is 0 Å². The SMILES string of the molecule is COc1cc(CNC[C@@H]2CCCO2)cc(Cl)c1OCc1ccc(Cl)cc1. The molecule has 2 aromatic carbocycles. The van der Waals surface area contributed by atoms with Gasteiger partial charge in [-0.3, -0.25) is 0 Å². The van der Waals surface area contributed by atoms with Crippen LogP contribution in [0.2, 0.25) is 10.0 Å². The van der Waals surface area contributed by atoms with Crippen LogP contribution < -0.4 is 14.8 Å². The lowest BCUT2D eigenvalue weighted by Gasteiger charge is -2.15. The number of methoxy groups -OCH3 is 1. The number of hydrogen-bond donors (Lipinski definition) is 1. The molecule has 0 amide bonds. The zero-order chi connectivity index (χ0) is 18.4. The summed E-state index contributed by atoms with van der Waals surface area (Å²) in [5.74, 6) is 1.17. The summed E-state index contributed by atoms with van der Waals surface area (Å²) in [5.41, 5.74) is 2.05. The van der Waals surface area contributed by atoms with Gasteiger partial charge in [-0.2, -0.15) is 0 Å².